The second-order valence-corrected chi connectivity index (χ2v) is 8.27. The molecule has 3 rings (SSSR count). The number of carbonyl (C=O) groups is 1. The molecule has 2 heterocycles. The Hall–Kier alpha value is -3.23. The number of carbonyl (C=O) groups excluding carboxylic acids is 1. The number of amides is 2. The first kappa shape index (κ1) is 25.4. The minimum atomic E-state index is -4.24. The fourth-order valence-corrected chi connectivity index (χ4v) is 4.05. The molecule has 2 atom stereocenters. The highest BCUT2D eigenvalue weighted by atomic mass is 19.4. The molecule has 0 radical (unpaired) electrons. The number of rotatable bonds is 9. The number of hydrogen-bond donors (Lipinski definition) is 2. The molecular formula is C25H31F3N4O2. The Bertz CT molecular complexity index is 1110. The van der Waals surface area contributed by atoms with Crippen LogP contribution in [0.25, 0.3) is 22.2 Å². The van der Waals surface area contributed by atoms with E-state index in [9.17, 15) is 18.0 Å². The Morgan fingerprint density at radius 2 is 2.00 bits per heavy atom. The van der Waals surface area contributed by atoms with Crippen molar-refractivity contribution in [2.24, 2.45) is 0 Å². The van der Waals surface area contributed by atoms with Crippen LogP contribution < -0.4 is 10.1 Å². The van der Waals surface area contributed by atoms with Crippen molar-refractivity contribution in [1.29, 1.82) is 0 Å². The van der Waals surface area contributed by atoms with Gasteiger partial charge in [0.2, 0.25) is 0 Å². The number of aromatic nitrogens is 2. The molecule has 0 fully saturated rings. The molecule has 0 saturated carbocycles. The first-order valence-electron chi connectivity index (χ1n) is 11.4. The Morgan fingerprint density at radius 3 is 2.65 bits per heavy atom. The van der Waals surface area contributed by atoms with Crippen molar-refractivity contribution in [2.75, 3.05) is 13.7 Å². The number of H-pyrrole nitrogens is 1. The predicted molar refractivity (Wildman–Crippen MR) is 127 cm³/mol. The standard InChI is InChI=1S/C25H31F3N4O2/c1-5-20(9-11-25(26,27)28)31-24(33)32(6-2)16(3)17-7-8-22(34-4)21(14-17)19-13-18-10-12-29-23(18)30-15-19/h7-8,10,12-16,20H,5-6,9,11H2,1-4H3,(H,29,30)(H,31,33). The third kappa shape index (κ3) is 6.01. The molecule has 0 aliphatic carbocycles. The number of pyridine rings is 1. The maximum atomic E-state index is 13.0. The Balaban J connectivity index is 1.83. The minimum Gasteiger partial charge on any atom is -0.496 e. The van der Waals surface area contributed by atoms with Gasteiger partial charge in [0.05, 0.1) is 13.2 Å². The lowest BCUT2D eigenvalue weighted by molar-refractivity contribution is -0.136. The highest BCUT2D eigenvalue weighted by Gasteiger charge is 2.29. The van der Waals surface area contributed by atoms with Crippen molar-refractivity contribution in [3.63, 3.8) is 0 Å². The quantitative estimate of drug-likeness (QED) is 0.373. The molecule has 9 heteroatoms. The summed E-state index contributed by atoms with van der Waals surface area (Å²) in [4.78, 5) is 22.1. The van der Waals surface area contributed by atoms with Gasteiger partial charge in [0.15, 0.2) is 0 Å². The number of fused-ring (bicyclic) bond motifs is 1. The monoisotopic (exact) mass is 476 g/mol. The zero-order valence-electron chi connectivity index (χ0n) is 19.9. The van der Waals surface area contributed by atoms with E-state index in [0.29, 0.717) is 18.7 Å². The van der Waals surface area contributed by atoms with Gasteiger partial charge in [-0.25, -0.2) is 9.78 Å². The number of nitrogens with one attached hydrogen (secondary N) is 2. The molecular weight excluding hydrogens is 445 g/mol. The van der Waals surface area contributed by atoms with E-state index in [-0.39, 0.29) is 18.5 Å². The molecule has 2 amide bonds. The fourth-order valence-electron chi connectivity index (χ4n) is 4.05. The zero-order valence-corrected chi connectivity index (χ0v) is 19.9. The second kappa shape index (κ2) is 10.8. The molecule has 184 valence electrons. The lowest BCUT2D eigenvalue weighted by atomic mass is 9.98. The Morgan fingerprint density at radius 1 is 1.24 bits per heavy atom. The molecule has 0 aliphatic heterocycles. The van der Waals surface area contributed by atoms with Crippen LogP contribution in [0.15, 0.2) is 42.7 Å². The van der Waals surface area contributed by atoms with Gasteiger partial charge < -0.3 is 19.9 Å². The van der Waals surface area contributed by atoms with Crippen LogP contribution in [0.3, 0.4) is 0 Å². The average molecular weight is 477 g/mol. The van der Waals surface area contributed by atoms with Crippen LogP contribution in [-0.2, 0) is 0 Å². The van der Waals surface area contributed by atoms with E-state index in [4.69, 9.17) is 4.74 Å². The highest BCUT2D eigenvalue weighted by Crippen LogP contribution is 2.34. The molecule has 1 aromatic carbocycles. The van der Waals surface area contributed by atoms with E-state index in [1.807, 2.05) is 50.4 Å². The van der Waals surface area contributed by atoms with Crippen molar-refractivity contribution >= 4 is 17.1 Å². The fraction of sp³-hybridized carbons (Fsp3) is 0.440. The number of aromatic amines is 1. The molecule has 0 aliphatic rings. The second-order valence-electron chi connectivity index (χ2n) is 8.27. The molecule has 3 aromatic rings. The molecule has 2 aromatic heterocycles. The third-order valence-corrected chi connectivity index (χ3v) is 6.08. The van der Waals surface area contributed by atoms with E-state index in [1.165, 1.54) is 0 Å². The van der Waals surface area contributed by atoms with E-state index < -0.39 is 18.6 Å². The van der Waals surface area contributed by atoms with Gasteiger partial charge in [-0.1, -0.05) is 13.0 Å². The summed E-state index contributed by atoms with van der Waals surface area (Å²) in [5.41, 5.74) is 3.39. The maximum Gasteiger partial charge on any atom is 0.389 e. The summed E-state index contributed by atoms with van der Waals surface area (Å²) in [6, 6.07) is 8.45. The number of urea groups is 1. The first-order chi connectivity index (χ1) is 16.2. The van der Waals surface area contributed by atoms with Crippen LogP contribution in [0.1, 0.15) is 51.6 Å². The summed E-state index contributed by atoms with van der Waals surface area (Å²) in [5, 5.41) is 3.75. The summed E-state index contributed by atoms with van der Waals surface area (Å²) in [6.07, 6.45) is -1.29. The van der Waals surface area contributed by atoms with E-state index in [0.717, 1.165) is 27.7 Å². The number of methoxy groups -OCH3 is 1. The first-order valence-corrected chi connectivity index (χ1v) is 11.4. The summed E-state index contributed by atoms with van der Waals surface area (Å²) in [5.74, 6) is 0.679. The number of ether oxygens (including phenoxy) is 1. The minimum absolute atomic E-state index is 0.140. The summed E-state index contributed by atoms with van der Waals surface area (Å²) < 4.78 is 43.5. The highest BCUT2D eigenvalue weighted by molar-refractivity contribution is 5.83. The Kier molecular flexibility index (Phi) is 8.06. The van der Waals surface area contributed by atoms with E-state index in [1.54, 1.807) is 25.1 Å². The Labute approximate surface area is 197 Å². The van der Waals surface area contributed by atoms with Gasteiger partial charge in [0.1, 0.15) is 11.4 Å². The number of alkyl halides is 3. The number of benzene rings is 1. The van der Waals surface area contributed by atoms with Gasteiger partial charge in [-0.3, -0.25) is 0 Å². The van der Waals surface area contributed by atoms with Crippen molar-refractivity contribution in [3.05, 3.63) is 48.3 Å². The van der Waals surface area contributed by atoms with Gasteiger partial charge in [-0.15, -0.1) is 0 Å². The molecule has 2 N–H and O–H groups in total. The normalized spacial score (nSPS) is 13.5. The lowest BCUT2D eigenvalue weighted by Crippen LogP contribution is -2.45. The summed E-state index contributed by atoms with van der Waals surface area (Å²) in [7, 11) is 1.60. The zero-order chi connectivity index (χ0) is 24.9. The van der Waals surface area contributed by atoms with Gasteiger partial charge in [-0.05, 0) is 56.5 Å². The largest absolute Gasteiger partial charge is 0.496 e. The van der Waals surface area contributed by atoms with E-state index in [2.05, 4.69) is 15.3 Å². The number of hydrogen-bond acceptors (Lipinski definition) is 3. The van der Waals surface area contributed by atoms with Crippen molar-refractivity contribution in [1.82, 2.24) is 20.2 Å². The van der Waals surface area contributed by atoms with Gasteiger partial charge in [0, 0.05) is 47.9 Å². The van der Waals surface area contributed by atoms with Crippen LogP contribution in [0.2, 0.25) is 0 Å². The SMILES string of the molecule is CCC(CCC(F)(F)F)NC(=O)N(CC)C(C)c1ccc(OC)c(-c2cnc3[nH]ccc3c2)c1. The van der Waals surface area contributed by atoms with Crippen LogP contribution in [0.4, 0.5) is 18.0 Å². The topological polar surface area (TPSA) is 70.2 Å². The molecule has 6 nitrogen and oxygen atoms in total. The molecule has 2 unspecified atom stereocenters. The molecule has 0 bridgehead atoms. The average Bonchev–Trinajstić information content (AvgIpc) is 3.29. The number of nitrogens with zero attached hydrogens (tertiary/aromatic N) is 2. The van der Waals surface area contributed by atoms with Crippen molar-refractivity contribution in [2.45, 2.75) is 58.3 Å². The molecule has 0 saturated heterocycles. The van der Waals surface area contributed by atoms with Gasteiger partial charge in [-0.2, -0.15) is 13.2 Å². The van der Waals surface area contributed by atoms with E-state index >= 15 is 0 Å². The van der Waals surface area contributed by atoms with Crippen LogP contribution in [-0.4, -0.2) is 46.8 Å². The predicted octanol–water partition coefficient (Wildman–Crippen LogP) is 6.45. The third-order valence-electron chi connectivity index (χ3n) is 6.08. The molecule has 0 spiro atoms. The van der Waals surface area contributed by atoms with Crippen molar-refractivity contribution in [3.8, 4) is 16.9 Å². The van der Waals surface area contributed by atoms with Crippen LogP contribution in [0, 0.1) is 0 Å². The van der Waals surface area contributed by atoms with Gasteiger partial charge >= 0.3 is 12.2 Å². The smallest absolute Gasteiger partial charge is 0.389 e. The number of halogens is 3. The van der Waals surface area contributed by atoms with Crippen molar-refractivity contribution < 1.29 is 22.7 Å². The van der Waals surface area contributed by atoms with Crippen LogP contribution >= 0.6 is 0 Å². The summed E-state index contributed by atoms with van der Waals surface area (Å²) >= 11 is 0. The van der Waals surface area contributed by atoms with Gasteiger partial charge in [0.25, 0.3) is 0 Å². The molecule has 34 heavy (non-hydrogen) atoms. The lowest BCUT2D eigenvalue weighted by Gasteiger charge is -2.31. The maximum absolute atomic E-state index is 13.0. The summed E-state index contributed by atoms with van der Waals surface area (Å²) in [6.45, 7) is 5.92. The van der Waals surface area contributed by atoms with Crippen LogP contribution in [0.5, 0.6) is 5.75 Å².